The number of halogens is 2. The molecule has 0 bridgehead atoms. The fourth-order valence-corrected chi connectivity index (χ4v) is 5.46. The molecule has 0 aliphatic rings. The monoisotopic (exact) mass is 520 g/mol. The molecule has 2 heterocycles. The second-order valence-electron chi connectivity index (χ2n) is 9.31. The molecule has 0 spiro atoms. The van der Waals surface area contributed by atoms with Crippen molar-refractivity contribution in [2.75, 3.05) is 0 Å². The van der Waals surface area contributed by atoms with Crippen LogP contribution in [0.1, 0.15) is 0 Å². The summed E-state index contributed by atoms with van der Waals surface area (Å²) in [5.74, 6) is -1.11. The molecule has 0 atom stereocenters. The van der Waals surface area contributed by atoms with E-state index in [0.29, 0.717) is 10.7 Å². The van der Waals surface area contributed by atoms with Crippen LogP contribution in [0.5, 0.6) is 0 Å². The first-order valence-electron chi connectivity index (χ1n) is 12.2. The Labute approximate surface area is 225 Å². The molecule has 0 saturated carbocycles. The summed E-state index contributed by atoms with van der Waals surface area (Å²) in [6.07, 6.45) is 4.87. The number of rotatable bonds is 2. The van der Waals surface area contributed by atoms with Crippen LogP contribution in [-0.2, 0) is 0 Å². The minimum atomic E-state index is -0.558. The number of nitriles is 1. The van der Waals surface area contributed by atoms with Crippen LogP contribution in [0.2, 0.25) is 0 Å². The molecule has 0 fully saturated rings. The Balaban J connectivity index is 1.54. The van der Waals surface area contributed by atoms with Crippen molar-refractivity contribution < 1.29 is 8.78 Å². The highest BCUT2D eigenvalue weighted by atomic mass is 19.1. The molecule has 6 nitrogen and oxygen atoms in total. The maximum absolute atomic E-state index is 13.4. The number of hydrogen-bond acceptors (Lipinski definition) is 5. The number of aromatic nitrogens is 2. The van der Waals surface area contributed by atoms with Crippen LogP contribution in [0, 0.1) is 29.9 Å². The van der Waals surface area contributed by atoms with Gasteiger partial charge in [0.1, 0.15) is 0 Å². The molecule has 5 aromatic carbocycles. The summed E-state index contributed by atoms with van der Waals surface area (Å²) in [5, 5.41) is 21.5. The third kappa shape index (κ3) is 3.52. The average molecular weight is 521 g/mol. The summed E-state index contributed by atoms with van der Waals surface area (Å²) < 4.78 is 26.8. The molecule has 0 N–H and O–H groups in total. The van der Waals surface area contributed by atoms with Crippen molar-refractivity contribution in [3.8, 4) is 28.4 Å². The molecule has 186 valence electrons. The number of benzene rings is 3. The average Bonchev–Trinajstić information content (AvgIpc) is 3.44. The van der Waals surface area contributed by atoms with E-state index in [2.05, 4.69) is 25.0 Å². The van der Waals surface area contributed by atoms with Crippen molar-refractivity contribution in [2.45, 2.75) is 0 Å². The summed E-state index contributed by atoms with van der Waals surface area (Å²) in [7, 11) is 0. The van der Waals surface area contributed by atoms with E-state index in [9.17, 15) is 14.0 Å². The minimum Gasteiger partial charge on any atom is -0.228 e. The normalized spacial score (nSPS) is 12.5. The van der Waals surface area contributed by atoms with Crippen LogP contribution >= 0.6 is 0 Å². The Morgan fingerprint density at radius 3 is 1.55 bits per heavy atom. The van der Waals surface area contributed by atoms with E-state index >= 15 is 0 Å². The zero-order valence-electron chi connectivity index (χ0n) is 20.5. The Bertz CT molecular complexity index is 2180. The number of hydrogen-bond donors (Lipinski definition) is 0. The summed E-state index contributed by atoms with van der Waals surface area (Å²) in [6.45, 7) is 7.47. The first-order valence-corrected chi connectivity index (χ1v) is 12.2. The second-order valence-corrected chi connectivity index (χ2v) is 9.31. The lowest BCUT2D eigenvalue weighted by Gasteiger charge is -2.02. The van der Waals surface area contributed by atoms with Crippen molar-refractivity contribution in [3.63, 3.8) is 0 Å². The molecular weight excluding hydrogens is 506 g/mol. The van der Waals surface area contributed by atoms with Gasteiger partial charge in [-0.3, -0.25) is 0 Å². The van der Waals surface area contributed by atoms with Gasteiger partial charge in [0, 0.05) is 45.1 Å². The topological polar surface area (TPSA) is 78.6 Å². The van der Waals surface area contributed by atoms with Crippen LogP contribution in [0.4, 0.5) is 8.78 Å². The Morgan fingerprint density at radius 2 is 1.07 bits per heavy atom. The number of fused-ring (bicyclic) bond motifs is 6. The van der Waals surface area contributed by atoms with Gasteiger partial charge in [0.2, 0.25) is 18.1 Å². The largest absolute Gasteiger partial charge is 0.228 e. The van der Waals surface area contributed by atoms with Crippen molar-refractivity contribution in [2.24, 2.45) is 10.1 Å². The molecule has 0 unspecified atom stereocenters. The third-order valence-corrected chi connectivity index (χ3v) is 7.23. The smallest absolute Gasteiger partial charge is 0.212 e. The molecule has 0 radical (unpaired) electrons. The molecule has 0 saturated heterocycles. The highest BCUT2D eigenvalue weighted by molar-refractivity contribution is 6.21. The maximum atomic E-state index is 13.4. The quantitative estimate of drug-likeness (QED) is 0.110. The summed E-state index contributed by atoms with van der Waals surface area (Å²) in [6, 6.07) is 21.5. The van der Waals surface area contributed by atoms with Crippen LogP contribution < -0.4 is 10.7 Å². The lowest BCUT2D eigenvalue weighted by atomic mass is 10.0. The first-order chi connectivity index (χ1) is 19.6. The van der Waals surface area contributed by atoms with Crippen molar-refractivity contribution in [1.29, 1.82) is 5.26 Å². The van der Waals surface area contributed by atoms with E-state index in [1.165, 1.54) is 24.5 Å². The molecule has 8 heteroatoms. The summed E-state index contributed by atoms with van der Waals surface area (Å²) in [5.41, 5.74) is 3.13. The second kappa shape index (κ2) is 8.87. The van der Waals surface area contributed by atoms with E-state index in [1.54, 1.807) is 12.1 Å². The van der Waals surface area contributed by atoms with Crippen molar-refractivity contribution in [3.05, 3.63) is 119 Å². The van der Waals surface area contributed by atoms with Gasteiger partial charge in [-0.05, 0) is 81.2 Å². The first kappa shape index (κ1) is 23.3. The molecule has 0 aliphatic carbocycles. The van der Waals surface area contributed by atoms with E-state index in [1.807, 2.05) is 54.7 Å². The summed E-state index contributed by atoms with van der Waals surface area (Å²) >= 11 is 0. The SMILES string of the molecule is [C-]#[N+]/N=c1/c2cc(-c3ccc(F)nc3)ccc2c2cc3/c(=N/C#N)c4cc(-c5ccc(F)nc5)ccc4c3cc12. The van der Waals surface area contributed by atoms with Gasteiger partial charge >= 0.3 is 0 Å². The number of nitrogens with zero attached hydrogens (tertiary/aromatic N) is 6. The van der Waals surface area contributed by atoms with Gasteiger partial charge in [-0.15, -0.1) is 4.95 Å². The van der Waals surface area contributed by atoms with Gasteiger partial charge in [0.15, 0.2) is 5.36 Å². The molecule has 40 heavy (non-hydrogen) atoms. The van der Waals surface area contributed by atoms with E-state index in [0.717, 1.165) is 65.3 Å². The van der Waals surface area contributed by atoms with Gasteiger partial charge in [-0.1, -0.05) is 24.3 Å². The predicted octanol–water partition coefficient (Wildman–Crippen LogP) is 6.69. The van der Waals surface area contributed by atoms with E-state index in [-0.39, 0.29) is 0 Å². The minimum absolute atomic E-state index is 0.540. The predicted molar refractivity (Wildman–Crippen MR) is 149 cm³/mol. The molecule has 0 amide bonds. The fourth-order valence-electron chi connectivity index (χ4n) is 5.46. The van der Waals surface area contributed by atoms with Gasteiger partial charge in [-0.25, -0.2) is 9.97 Å². The molecule has 2 aromatic heterocycles. The number of pyridine rings is 2. The van der Waals surface area contributed by atoms with Gasteiger partial charge < -0.3 is 0 Å². The zero-order chi connectivity index (χ0) is 27.4. The lowest BCUT2D eigenvalue weighted by Crippen LogP contribution is -1.99. The summed E-state index contributed by atoms with van der Waals surface area (Å²) in [4.78, 5) is 15.0. The zero-order valence-corrected chi connectivity index (χ0v) is 20.5. The Kier molecular flexibility index (Phi) is 5.16. The van der Waals surface area contributed by atoms with Crippen LogP contribution in [0.15, 0.2) is 95.3 Å². The Morgan fingerprint density at radius 1 is 0.600 bits per heavy atom. The van der Waals surface area contributed by atoms with Crippen molar-refractivity contribution in [1.82, 2.24) is 9.97 Å². The van der Waals surface area contributed by atoms with E-state index in [4.69, 9.17) is 6.57 Å². The molecule has 7 rings (SSSR count). The van der Waals surface area contributed by atoms with Gasteiger partial charge in [0.05, 0.1) is 10.5 Å². The molecular formula is C32H14F2N6. The maximum Gasteiger partial charge on any atom is 0.212 e. The highest BCUT2D eigenvalue weighted by Gasteiger charge is 2.17. The lowest BCUT2D eigenvalue weighted by molar-refractivity contribution is 0.583. The van der Waals surface area contributed by atoms with Crippen LogP contribution in [0.25, 0.3) is 70.3 Å². The highest BCUT2D eigenvalue weighted by Crippen LogP contribution is 2.35. The standard InChI is InChI=1S/C32H14F2N6/c1-36-40-32-26-11-18(20-5-9-30(34)38-15-20)3-7-22(26)24-12-27-23(13-28(24)32)21-6-2-17(10-25(21)31(27)39-16-35)19-4-8-29(33)37-14-19/h2-15H/b39-31+,40-32-. The van der Waals surface area contributed by atoms with Gasteiger partial charge in [-0.2, -0.15) is 25.6 Å². The fraction of sp³-hybridized carbons (Fsp3) is 0. The molecule has 0 aliphatic heterocycles. The van der Waals surface area contributed by atoms with Crippen LogP contribution in [0.3, 0.4) is 0 Å². The molecule has 7 aromatic rings. The van der Waals surface area contributed by atoms with Gasteiger partial charge in [0.25, 0.3) is 0 Å². The van der Waals surface area contributed by atoms with Crippen LogP contribution in [-0.4, -0.2) is 9.97 Å². The third-order valence-electron chi connectivity index (χ3n) is 7.23. The van der Waals surface area contributed by atoms with E-state index < -0.39 is 11.9 Å². The Hall–Kier alpha value is -5.86. The van der Waals surface area contributed by atoms with Crippen molar-refractivity contribution >= 4 is 43.1 Å².